The molecule has 1 aliphatic rings. The minimum absolute atomic E-state index is 0.141. The van der Waals surface area contributed by atoms with Crippen molar-refractivity contribution in [3.8, 4) is 5.75 Å². The van der Waals surface area contributed by atoms with Gasteiger partial charge in [0.05, 0.1) is 5.56 Å². The molecule has 1 aliphatic carbocycles. The molecule has 0 unspecified atom stereocenters. The van der Waals surface area contributed by atoms with E-state index in [1.54, 1.807) is 12.3 Å². The van der Waals surface area contributed by atoms with Gasteiger partial charge < -0.3 is 5.11 Å². The van der Waals surface area contributed by atoms with Gasteiger partial charge in [-0.2, -0.15) is 5.10 Å². The van der Waals surface area contributed by atoms with Gasteiger partial charge in [-0.15, -0.1) is 0 Å². The summed E-state index contributed by atoms with van der Waals surface area (Å²) in [5.74, 6) is -0.119. The van der Waals surface area contributed by atoms with Crippen molar-refractivity contribution in [2.24, 2.45) is 11.0 Å². The molecule has 0 spiro atoms. The number of carbonyl (C=O) groups excluding carboxylic acids is 1. The largest absolute Gasteiger partial charge is 0.507 e. The van der Waals surface area contributed by atoms with E-state index in [2.05, 4.69) is 10.5 Å². The molecule has 0 radical (unpaired) electrons. The molecular formula is C14H17ClN2O2. The van der Waals surface area contributed by atoms with Crippen molar-refractivity contribution in [1.29, 1.82) is 0 Å². The zero-order chi connectivity index (χ0) is 13.7. The summed E-state index contributed by atoms with van der Waals surface area (Å²) in [6, 6.07) is 4.37. The molecule has 1 aromatic rings. The second-order valence-corrected chi connectivity index (χ2v) is 5.22. The van der Waals surface area contributed by atoms with E-state index in [0.717, 1.165) is 12.8 Å². The van der Waals surface area contributed by atoms with Crippen LogP contribution in [-0.2, 0) is 0 Å². The molecular weight excluding hydrogens is 264 g/mol. The van der Waals surface area contributed by atoms with Gasteiger partial charge in [0.25, 0.3) is 5.91 Å². The Hall–Kier alpha value is -1.55. The third kappa shape index (κ3) is 3.96. The van der Waals surface area contributed by atoms with E-state index in [4.69, 9.17) is 11.6 Å². The van der Waals surface area contributed by atoms with Crippen LogP contribution in [0.5, 0.6) is 5.75 Å². The molecule has 0 saturated heterocycles. The number of hydrazone groups is 1. The molecule has 102 valence electrons. The molecule has 0 bridgehead atoms. The van der Waals surface area contributed by atoms with Crippen LogP contribution in [0, 0.1) is 5.92 Å². The Kier molecular flexibility index (Phi) is 4.80. The molecule has 5 heteroatoms. The van der Waals surface area contributed by atoms with Crippen LogP contribution in [0.25, 0.3) is 0 Å². The van der Waals surface area contributed by atoms with E-state index < -0.39 is 5.91 Å². The summed E-state index contributed by atoms with van der Waals surface area (Å²) >= 11 is 5.71. The molecule has 0 aromatic heterocycles. The van der Waals surface area contributed by atoms with Gasteiger partial charge in [-0.3, -0.25) is 4.79 Å². The number of carbonyl (C=O) groups is 1. The lowest BCUT2D eigenvalue weighted by molar-refractivity contribution is 0.0952. The third-order valence-corrected chi connectivity index (χ3v) is 3.54. The molecule has 0 aliphatic heterocycles. The number of rotatable bonds is 3. The fourth-order valence-electron chi connectivity index (χ4n) is 2.24. The molecule has 0 atom stereocenters. The third-order valence-electron chi connectivity index (χ3n) is 3.31. The lowest BCUT2D eigenvalue weighted by Crippen LogP contribution is -2.19. The van der Waals surface area contributed by atoms with Crippen molar-refractivity contribution in [2.75, 3.05) is 0 Å². The van der Waals surface area contributed by atoms with Crippen molar-refractivity contribution >= 4 is 23.7 Å². The van der Waals surface area contributed by atoms with Crippen LogP contribution in [0.15, 0.2) is 23.3 Å². The SMILES string of the molecule is O=C(N/N=C/C1CCCCC1)c1ccc(Cl)cc1O. The molecule has 2 rings (SSSR count). The highest BCUT2D eigenvalue weighted by Gasteiger charge is 2.12. The predicted molar refractivity (Wildman–Crippen MR) is 75.7 cm³/mol. The van der Waals surface area contributed by atoms with Crippen LogP contribution in [0.3, 0.4) is 0 Å². The number of phenolic OH excluding ortho intramolecular Hbond substituents is 1. The highest BCUT2D eigenvalue weighted by molar-refractivity contribution is 6.30. The topological polar surface area (TPSA) is 61.7 Å². The van der Waals surface area contributed by atoms with Gasteiger partial charge in [-0.05, 0) is 37.0 Å². The first-order valence-electron chi connectivity index (χ1n) is 6.49. The smallest absolute Gasteiger partial charge is 0.275 e. The van der Waals surface area contributed by atoms with Gasteiger partial charge >= 0.3 is 0 Å². The maximum atomic E-state index is 11.8. The Morgan fingerprint density at radius 2 is 2.11 bits per heavy atom. The zero-order valence-corrected chi connectivity index (χ0v) is 11.4. The van der Waals surface area contributed by atoms with Crippen LogP contribution >= 0.6 is 11.6 Å². The summed E-state index contributed by atoms with van der Waals surface area (Å²) in [6.45, 7) is 0. The van der Waals surface area contributed by atoms with Crippen molar-refractivity contribution in [1.82, 2.24) is 5.43 Å². The number of hydrogen-bond donors (Lipinski definition) is 2. The van der Waals surface area contributed by atoms with E-state index in [9.17, 15) is 9.90 Å². The van der Waals surface area contributed by atoms with Crippen LogP contribution in [0.1, 0.15) is 42.5 Å². The van der Waals surface area contributed by atoms with Gasteiger partial charge in [-0.1, -0.05) is 30.9 Å². The molecule has 1 fully saturated rings. The number of phenols is 1. The lowest BCUT2D eigenvalue weighted by atomic mass is 9.90. The summed E-state index contributed by atoms with van der Waals surface area (Å²) in [5.41, 5.74) is 2.61. The Morgan fingerprint density at radius 3 is 2.79 bits per heavy atom. The van der Waals surface area contributed by atoms with Crippen LogP contribution in [-0.4, -0.2) is 17.2 Å². The normalized spacial score (nSPS) is 16.7. The van der Waals surface area contributed by atoms with Crippen molar-refractivity contribution in [2.45, 2.75) is 32.1 Å². The number of benzene rings is 1. The maximum absolute atomic E-state index is 11.8. The number of nitrogens with zero attached hydrogens (tertiary/aromatic N) is 1. The fraction of sp³-hybridized carbons (Fsp3) is 0.429. The highest BCUT2D eigenvalue weighted by atomic mass is 35.5. The summed E-state index contributed by atoms with van der Waals surface area (Å²) in [4.78, 5) is 11.8. The number of amides is 1. The number of nitrogens with one attached hydrogen (secondary N) is 1. The van der Waals surface area contributed by atoms with Gasteiger partial charge in [-0.25, -0.2) is 5.43 Å². The first-order valence-corrected chi connectivity index (χ1v) is 6.86. The monoisotopic (exact) mass is 280 g/mol. The first-order chi connectivity index (χ1) is 9.16. The van der Waals surface area contributed by atoms with Gasteiger partial charge in [0.2, 0.25) is 0 Å². The Labute approximate surface area is 117 Å². The van der Waals surface area contributed by atoms with Gasteiger partial charge in [0, 0.05) is 11.2 Å². The lowest BCUT2D eigenvalue weighted by Gasteiger charge is -2.16. The number of halogens is 1. The van der Waals surface area contributed by atoms with Crippen molar-refractivity contribution in [3.63, 3.8) is 0 Å². The van der Waals surface area contributed by atoms with E-state index >= 15 is 0 Å². The van der Waals surface area contributed by atoms with Crippen LogP contribution in [0.2, 0.25) is 5.02 Å². The molecule has 0 heterocycles. The average molecular weight is 281 g/mol. The minimum Gasteiger partial charge on any atom is -0.507 e. The Morgan fingerprint density at radius 1 is 1.37 bits per heavy atom. The van der Waals surface area contributed by atoms with Crippen LogP contribution < -0.4 is 5.43 Å². The minimum atomic E-state index is -0.429. The molecule has 2 N–H and O–H groups in total. The molecule has 1 aromatic carbocycles. The highest BCUT2D eigenvalue weighted by Crippen LogP contribution is 2.22. The number of aromatic hydroxyl groups is 1. The zero-order valence-electron chi connectivity index (χ0n) is 10.6. The Bertz CT molecular complexity index is 482. The van der Waals surface area contributed by atoms with Crippen molar-refractivity contribution in [3.05, 3.63) is 28.8 Å². The standard InChI is InChI=1S/C14H17ClN2O2/c15-11-6-7-12(13(18)8-11)14(19)17-16-9-10-4-2-1-3-5-10/h6-10,18H,1-5H2,(H,17,19)/b16-9+. The van der Waals surface area contributed by atoms with E-state index in [0.29, 0.717) is 10.9 Å². The summed E-state index contributed by atoms with van der Waals surface area (Å²) in [7, 11) is 0. The van der Waals surface area contributed by atoms with Crippen molar-refractivity contribution < 1.29 is 9.90 Å². The summed E-state index contributed by atoms with van der Waals surface area (Å²) in [6.07, 6.45) is 7.79. The molecule has 4 nitrogen and oxygen atoms in total. The van der Waals surface area contributed by atoms with Crippen LogP contribution in [0.4, 0.5) is 0 Å². The molecule has 1 amide bonds. The number of hydrogen-bond acceptors (Lipinski definition) is 3. The quantitative estimate of drug-likeness (QED) is 0.659. The summed E-state index contributed by atoms with van der Waals surface area (Å²) < 4.78 is 0. The van der Waals surface area contributed by atoms with E-state index in [1.807, 2.05) is 0 Å². The second-order valence-electron chi connectivity index (χ2n) is 4.78. The molecule has 19 heavy (non-hydrogen) atoms. The van der Waals surface area contributed by atoms with Gasteiger partial charge in [0.1, 0.15) is 5.75 Å². The predicted octanol–water partition coefficient (Wildman–Crippen LogP) is 3.34. The van der Waals surface area contributed by atoms with E-state index in [-0.39, 0.29) is 11.3 Å². The van der Waals surface area contributed by atoms with Gasteiger partial charge in [0.15, 0.2) is 0 Å². The Balaban J connectivity index is 1.91. The maximum Gasteiger partial charge on any atom is 0.275 e. The fourth-order valence-corrected chi connectivity index (χ4v) is 2.41. The second kappa shape index (κ2) is 6.57. The molecule has 1 saturated carbocycles. The summed E-state index contributed by atoms with van der Waals surface area (Å²) in [5, 5.41) is 14.0. The van der Waals surface area contributed by atoms with E-state index in [1.165, 1.54) is 31.4 Å². The average Bonchev–Trinajstić information content (AvgIpc) is 2.39. The first kappa shape index (κ1) is 13.9.